The van der Waals surface area contributed by atoms with Crippen LogP contribution in [-0.2, 0) is 20.0 Å². The van der Waals surface area contributed by atoms with E-state index in [1.54, 1.807) is 13.8 Å². The maximum absolute atomic E-state index is 12.4. The Morgan fingerprint density at radius 2 is 1.76 bits per heavy atom. The molecule has 0 N–H and O–H groups in total. The van der Waals surface area contributed by atoms with Crippen LogP contribution in [0.2, 0.25) is 0 Å². The molecule has 0 saturated heterocycles. The lowest BCUT2D eigenvalue weighted by atomic mass is 10.0. The molecule has 0 unspecified atom stereocenters. The van der Waals surface area contributed by atoms with Crippen LogP contribution < -0.4 is 0 Å². The van der Waals surface area contributed by atoms with Crippen LogP contribution in [0.3, 0.4) is 0 Å². The number of rotatable bonds is 9. The first kappa shape index (κ1) is 18.1. The monoisotopic (exact) mass is 314 g/mol. The number of aryl methyl sites for hydroxylation is 1. The van der Waals surface area contributed by atoms with Crippen LogP contribution in [0, 0.1) is 0 Å². The molecule has 5 heteroatoms. The van der Waals surface area contributed by atoms with Gasteiger partial charge in [-0.25, -0.2) is 0 Å². The highest BCUT2D eigenvalue weighted by Gasteiger charge is 2.21. The third kappa shape index (κ3) is 6.13. The van der Waals surface area contributed by atoms with E-state index in [1.165, 1.54) is 0 Å². The highest BCUT2D eigenvalue weighted by molar-refractivity contribution is 7.54. The van der Waals surface area contributed by atoms with Gasteiger partial charge in [-0.15, -0.1) is 0 Å². The lowest BCUT2D eigenvalue weighted by Crippen LogP contribution is -1.99. The molecule has 0 spiro atoms. The van der Waals surface area contributed by atoms with Gasteiger partial charge in [0.05, 0.1) is 26.1 Å². The van der Waals surface area contributed by atoms with Crippen LogP contribution in [0.25, 0.3) is 5.57 Å². The van der Waals surface area contributed by atoms with Gasteiger partial charge in [0, 0.05) is 6.42 Å². The van der Waals surface area contributed by atoms with Gasteiger partial charge < -0.3 is 9.05 Å². The van der Waals surface area contributed by atoms with Crippen molar-refractivity contribution >= 4 is 13.2 Å². The molecular weight excluding hydrogens is 290 g/mol. The topological polar surface area (TPSA) is 35.5 Å². The molecule has 0 heterocycles. The molecule has 0 saturated carbocycles. The highest BCUT2D eigenvalue weighted by Crippen LogP contribution is 2.48. The fourth-order valence-electron chi connectivity index (χ4n) is 1.95. The first-order chi connectivity index (χ1) is 10.0. The maximum Gasteiger partial charge on any atom is 0.334 e. The smallest absolute Gasteiger partial charge is 0.309 e. The normalized spacial score (nSPS) is 12.7. The number of halogens is 1. The molecule has 1 aromatic rings. The van der Waals surface area contributed by atoms with E-state index >= 15 is 0 Å². The number of allylic oxidation sites excluding steroid dienone is 2. The van der Waals surface area contributed by atoms with Gasteiger partial charge in [-0.05, 0) is 37.5 Å². The van der Waals surface area contributed by atoms with Crippen LogP contribution in [0.5, 0.6) is 0 Å². The predicted octanol–water partition coefficient (Wildman–Crippen LogP) is 4.87. The fourth-order valence-corrected chi connectivity index (χ4v) is 3.52. The second kappa shape index (κ2) is 9.14. The molecule has 3 nitrogen and oxygen atoms in total. The van der Waals surface area contributed by atoms with E-state index in [4.69, 9.17) is 9.05 Å². The number of hydrogen-bond acceptors (Lipinski definition) is 3. The van der Waals surface area contributed by atoms with Crippen LogP contribution in [0.15, 0.2) is 30.3 Å². The van der Waals surface area contributed by atoms with Gasteiger partial charge in [-0.2, -0.15) is 0 Å². The Morgan fingerprint density at radius 1 is 1.19 bits per heavy atom. The molecule has 0 aliphatic heterocycles. The van der Waals surface area contributed by atoms with Crippen LogP contribution >= 0.6 is 7.60 Å². The van der Waals surface area contributed by atoms with Gasteiger partial charge in [-0.3, -0.25) is 8.96 Å². The van der Waals surface area contributed by atoms with E-state index in [2.05, 4.69) is 0 Å². The Hall–Kier alpha value is -0.960. The number of hydrogen-bond donors (Lipinski definition) is 0. The molecule has 0 bridgehead atoms. The molecule has 0 aliphatic rings. The van der Waals surface area contributed by atoms with Gasteiger partial charge in [0.1, 0.15) is 0 Å². The molecular formula is C16H24FO3P. The van der Waals surface area contributed by atoms with Crippen molar-refractivity contribution in [3.8, 4) is 0 Å². The fraction of sp³-hybridized carbons (Fsp3) is 0.500. The van der Waals surface area contributed by atoms with Gasteiger partial charge in [0.2, 0.25) is 0 Å². The molecule has 118 valence electrons. The minimum atomic E-state index is -3.04. The van der Waals surface area contributed by atoms with Gasteiger partial charge in [-0.1, -0.05) is 30.3 Å². The summed E-state index contributed by atoms with van der Waals surface area (Å²) < 4.78 is 35.1. The molecule has 0 aliphatic carbocycles. The van der Waals surface area contributed by atoms with Gasteiger partial charge in [0.25, 0.3) is 0 Å². The van der Waals surface area contributed by atoms with Crippen molar-refractivity contribution < 1.29 is 18.0 Å². The van der Waals surface area contributed by atoms with Crippen molar-refractivity contribution in [3.05, 3.63) is 41.5 Å². The lowest BCUT2D eigenvalue weighted by Gasteiger charge is -2.15. The SMILES string of the molecule is CCOP(=O)(C/C=C(\C)c1ccc(CCF)cc1)OCC. The quantitative estimate of drug-likeness (QED) is 0.610. The molecule has 0 fully saturated rings. The second-order valence-corrected chi connectivity index (χ2v) is 6.76. The van der Waals surface area contributed by atoms with E-state index in [0.717, 1.165) is 16.7 Å². The molecule has 0 amide bonds. The Bertz CT molecular complexity index is 487. The summed E-state index contributed by atoms with van der Waals surface area (Å²) in [5.41, 5.74) is 3.00. The summed E-state index contributed by atoms with van der Waals surface area (Å²) in [7, 11) is -3.04. The van der Waals surface area contributed by atoms with E-state index in [0.29, 0.717) is 19.6 Å². The zero-order valence-electron chi connectivity index (χ0n) is 13.0. The molecule has 0 radical (unpaired) electrons. The summed E-state index contributed by atoms with van der Waals surface area (Å²) in [6.07, 6.45) is 2.57. The first-order valence-corrected chi connectivity index (χ1v) is 8.97. The van der Waals surface area contributed by atoms with Crippen LogP contribution in [-0.4, -0.2) is 26.1 Å². The van der Waals surface area contributed by atoms with Crippen molar-refractivity contribution in [2.24, 2.45) is 0 Å². The molecule has 0 aromatic heterocycles. The average molecular weight is 314 g/mol. The average Bonchev–Trinajstić information content (AvgIpc) is 2.46. The Morgan fingerprint density at radius 3 is 2.24 bits per heavy atom. The summed E-state index contributed by atoms with van der Waals surface area (Å²) in [6, 6.07) is 7.72. The van der Waals surface area contributed by atoms with Crippen LogP contribution in [0.1, 0.15) is 31.9 Å². The van der Waals surface area contributed by atoms with Crippen molar-refractivity contribution in [1.29, 1.82) is 0 Å². The summed E-state index contributed by atoms with van der Waals surface area (Å²) in [4.78, 5) is 0. The van der Waals surface area contributed by atoms with Crippen molar-refractivity contribution in [3.63, 3.8) is 0 Å². The Kier molecular flexibility index (Phi) is 7.87. The highest BCUT2D eigenvalue weighted by atomic mass is 31.2. The summed E-state index contributed by atoms with van der Waals surface area (Å²) in [5, 5.41) is 0. The standard InChI is InChI=1S/C16H24FO3P/c1-4-19-21(18,20-5-2)13-11-14(3)16-8-6-15(7-9-16)10-12-17/h6-9,11H,4-5,10,12-13H2,1-3H3/b14-11+. The maximum atomic E-state index is 12.4. The van der Waals surface area contributed by atoms with Crippen molar-refractivity contribution in [2.75, 3.05) is 26.1 Å². The minimum Gasteiger partial charge on any atom is -0.309 e. The Labute approximate surface area is 126 Å². The van der Waals surface area contributed by atoms with E-state index in [-0.39, 0.29) is 12.8 Å². The second-order valence-electron chi connectivity index (χ2n) is 4.65. The summed E-state index contributed by atoms with van der Waals surface area (Å²) in [6.45, 7) is 5.92. The van der Waals surface area contributed by atoms with Gasteiger partial charge >= 0.3 is 7.60 Å². The zero-order valence-corrected chi connectivity index (χ0v) is 13.9. The van der Waals surface area contributed by atoms with Crippen LogP contribution in [0.4, 0.5) is 4.39 Å². The summed E-state index contributed by atoms with van der Waals surface area (Å²) in [5.74, 6) is 0. The molecule has 21 heavy (non-hydrogen) atoms. The van der Waals surface area contributed by atoms with E-state index in [9.17, 15) is 8.96 Å². The van der Waals surface area contributed by atoms with E-state index < -0.39 is 7.60 Å². The number of alkyl halides is 1. The zero-order chi connectivity index (χ0) is 15.7. The number of benzene rings is 1. The lowest BCUT2D eigenvalue weighted by molar-refractivity contribution is 0.222. The minimum absolute atomic E-state index is 0.257. The molecule has 1 aromatic carbocycles. The molecule has 0 atom stereocenters. The predicted molar refractivity (Wildman–Crippen MR) is 85.5 cm³/mol. The first-order valence-electron chi connectivity index (χ1n) is 7.24. The van der Waals surface area contributed by atoms with E-state index in [1.807, 2.05) is 37.3 Å². The largest absolute Gasteiger partial charge is 0.334 e. The third-order valence-electron chi connectivity index (χ3n) is 3.07. The van der Waals surface area contributed by atoms with Crippen molar-refractivity contribution in [1.82, 2.24) is 0 Å². The third-order valence-corrected chi connectivity index (χ3v) is 5.00. The molecule has 1 rings (SSSR count). The summed E-state index contributed by atoms with van der Waals surface area (Å²) >= 11 is 0. The van der Waals surface area contributed by atoms with Gasteiger partial charge in [0.15, 0.2) is 0 Å². The van der Waals surface area contributed by atoms with Crippen molar-refractivity contribution in [2.45, 2.75) is 27.2 Å². The Balaban J connectivity index is 2.76.